The lowest BCUT2D eigenvalue weighted by atomic mass is 9.78. The zero-order valence-electron chi connectivity index (χ0n) is 14.6. The number of hydrogen-bond donors (Lipinski definition) is 1. The molecule has 1 aliphatic rings. The number of ether oxygens (including phenoxy) is 1. The Morgan fingerprint density at radius 3 is 2.58 bits per heavy atom. The van der Waals surface area contributed by atoms with Crippen molar-refractivity contribution >= 4 is 11.9 Å². The monoisotopic (exact) mass is 333 g/mol. The number of carbonyl (C=O) groups excluding carboxylic acids is 1. The Morgan fingerprint density at radius 2 is 1.96 bits per heavy atom. The van der Waals surface area contributed by atoms with Crippen LogP contribution in [0.3, 0.4) is 0 Å². The van der Waals surface area contributed by atoms with Gasteiger partial charge in [-0.25, -0.2) is 4.79 Å². The maximum atomic E-state index is 12.1. The van der Waals surface area contributed by atoms with Crippen LogP contribution in [0.1, 0.15) is 61.4 Å². The molecule has 0 aliphatic heterocycles. The van der Waals surface area contributed by atoms with Crippen molar-refractivity contribution in [3.63, 3.8) is 0 Å². The second-order valence-electron chi connectivity index (χ2n) is 6.63. The highest BCUT2D eigenvalue weighted by molar-refractivity contribution is 5.87. The predicted molar refractivity (Wildman–Crippen MR) is 91.9 cm³/mol. The first-order chi connectivity index (χ1) is 11.5. The summed E-state index contributed by atoms with van der Waals surface area (Å²) < 4.78 is 5.18. The van der Waals surface area contributed by atoms with Gasteiger partial charge in [-0.3, -0.25) is 9.69 Å². The summed E-state index contributed by atoms with van der Waals surface area (Å²) in [6.45, 7) is 2.85. The average molecular weight is 333 g/mol. The van der Waals surface area contributed by atoms with Crippen LogP contribution >= 0.6 is 0 Å². The summed E-state index contributed by atoms with van der Waals surface area (Å²) in [6, 6.07) is 7.01. The molecule has 0 heterocycles. The van der Waals surface area contributed by atoms with E-state index in [0.717, 1.165) is 31.2 Å². The van der Waals surface area contributed by atoms with Crippen molar-refractivity contribution in [3.05, 3.63) is 35.4 Å². The van der Waals surface area contributed by atoms with E-state index < -0.39 is 5.97 Å². The van der Waals surface area contributed by atoms with E-state index in [-0.39, 0.29) is 11.5 Å². The molecule has 1 N–H and O–H groups in total. The van der Waals surface area contributed by atoms with Gasteiger partial charge in [0.15, 0.2) is 0 Å². The number of rotatable bonds is 7. The van der Waals surface area contributed by atoms with Crippen molar-refractivity contribution in [2.24, 2.45) is 0 Å². The second kappa shape index (κ2) is 8.29. The third kappa shape index (κ3) is 4.57. The minimum atomic E-state index is -0.918. The first-order valence-electron chi connectivity index (χ1n) is 8.66. The van der Waals surface area contributed by atoms with Gasteiger partial charge in [-0.05, 0) is 44.5 Å². The molecule has 1 aromatic rings. The summed E-state index contributed by atoms with van der Waals surface area (Å²) in [5, 5.41) is 9.15. The normalized spacial score (nSPS) is 16.8. The molecule has 0 radical (unpaired) electrons. The van der Waals surface area contributed by atoms with Gasteiger partial charge in [-0.2, -0.15) is 0 Å². The van der Waals surface area contributed by atoms with Gasteiger partial charge >= 0.3 is 11.9 Å². The molecular weight excluding hydrogens is 306 g/mol. The molecule has 2 rings (SSSR count). The number of hydrogen-bond acceptors (Lipinski definition) is 4. The fourth-order valence-electron chi connectivity index (χ4n) is 3.63. The molecule has 132 valence electrons. The van der Waals surface area contributed by atoms with Crippen molar-refractivity contribution < 1.29 is 19.4 Å². The van der Waals surface area contributed by atoms with Crippen molar-refractivity contribution in [2.75, 3.05) is 13.7 Å². The Morgan fingerprint density at radius 1 is 1.25 bits per heavy atom. The Balaban J connectivity index is 2.15. The van der Waals surface area contributed by atoms with Gasteiger partial charge in [-0.15, -0.1) is 0 Å². The molecule has 5 nitrogen and oxygen atoms in total. The van der Waals surface area contributed by atoms with E-state index in [0.29, 0.717) is 25.1 Å². The number of carbonyl (C=O) groups is 2. The van der Waals surface area contributed by atoms with Crippen molar-refractivity contribution in [2.45, 2.75) is 57.5 Å². The SMILES string of the molecule is CCOC(=O)CC1(N(C)Cc2cccc(C(=O)O)c2)CCCCC1. The smallest absolute Gasteiger partial charge is 0.335 e. The molecule has 1 aromatic carbocycles. The topological polar surface area (TPSA) is 66.8 Å². The molecule has 1 fully saturated rings. The molecule has 1 saturated carbocycles. The highest BCUT2D eigenvalue weighted by Gasteiger charge is 2.38. The summed E-state index contributed by atoms with van der Waals surface area (Å²) in [7, 11) is 2.03. The van der Waals surface area contributed by atoms with Crippen LogP contribution < -0.4 is 0 Å². The Bertz CT molecular complexity index is 578. The van der Waals surface area contributed by atoms with Gasteiger partial charge in [0.25, 0.3) is 0 Å². The van der Waals surface area contributed by atoms with E-state index in [4.69, 9.17) is 9.84 Å². The highest BCUT2D eigenvalue weighted by Crippen LogP contribution is 2.37. The maximum Gasteiger partial charge on any atom is 0.335 e. The summed E-state index contributed by atoms with van der Waals surface area (Å²) in [5.74, 6) is -1.07. The molecule has 0 bridgehead atoms. The van der Waals surface area contributed by atoms with Gasteiger partial charge in [0.05, 0.1) is 18.6 Å². The van der Waals surface area contributed by atoms with E-state index in [1.165, 1.54) is 6.42 Å². The number of benzene rings is 1. The van der Waals surface area contributed by atoms with Gasteiger partial charge in [0, 0.05) is 12.1 Å². The lowest BCUT2D eigenvalue weighted by Crippen LogP contribution is -2.49. The first kappa shape index (κ1) is 18.5. The Labute approximate surface area is 143 Å². The summed E-state index contributed by atoms with van der Waals surface area (Å²) in [6.07, 6.45) is 5.77. The quantitative estimate of drug-likeness (QED) is 0.774. The van der Waals surface area contributed by atoms with Crippen molar-refractivity contribution in [1.82, 2.24) is 4.90 Å². The molecule has 0 amide bonds. The van der Waals surface area contributed by atoms with Crippen LogP contribution in [0.5, 0.6) is 0 Å². The molecule has 1 aliphatic carbocycles. The summed E-state index contributed by atoms with van der Waals surface area (Å²) >= 11 is 0. The minimum Gasteiger partial charge on any atom is -0.478 e. The molecule has 0 atom stereocenters. The van der Waals surface area contributed by atoms with E-state index in [2.05, 4.69) is 4.90 Å². The van der Waals surface area contributed by atoms with E-state index >= 15 is 0 Å². The third-order valence-corrected chi connectivity index (χ3v) is 4.97. The largest absolute Gasteiger partial charge is 0.478 e. The molecule has 24 heavy (non-hydrogen) atoms. The zero-order chi connectivity index (χ0) is 17.6. The van der Waals surface area contributed by atoms with Crippen LogP contribution in [0.25, 0.3) is 0 Å². The molecule has 0 spiro atoms. The standard InChI is InChI=1S/C19H27NO4/c1-3-24-17(21)13-19(10-5-4-6-11-19)20(2)14-15-8-7-9-16(12-15)18(22)23/h7-9,12H,3-6,10-11,13-14H2,1-2H3,(H,22,23). The average Bonchev–Trinajstić information content (AvgIpc) is 2.56. The Kier molecular flexibility index (Phi) is 6.37. The van der Waals surface area contributed by atoms with Gasteiger partial charge in [0.2, 0.25) is 0 Å². The van der Waals surface area contributed by atoms with Gasteiger partial charge in [0.1, 0.15) is 0 Å². The van der Waals surface area contributed by atoms with Gasteiger partial charge < -0.3 is 9.84 Å². The van der Waals surface area contributed by atoms with Crippen LogP contribution in [0, 0.1) is 0 Å². The van der Waals surface area contributed by atoms with E-state index in [1.54, 1.807) is 18.2 Å². The van der Waals surface area contributed by atoms with Crippen molar-refractivity contribution in [1.29, 1.82) is 0 Å². The van der Waals surface area contributed by atoms with Crippen molar-refractivity contribution in [3.8, 4) is 0 Å². The Hall–Kier alpha value is -1.88. The summed E-state index contributed by atoms with van der Waals surface area (Å²) in [5.41, 5.74) is 1.05. The molecule has 0 unspecified atom stereocenters. The molecular formula is C19H27NO4. The van der Waals surface area contributed by atoms with Crippen LogP contribution in [-0.4, -0.2) is 41.1 Å². The lowest BCUT2D eigenvalue weighted by Gasteiger charge is -2.44. The number of nitrogens with zero attached hydrogens (tertiary/aromatic N) is 1. The minimum absolute atomic E-state index is 0.148. The first-order valence-corrected chi connectivity index (χ1v) is 8.66. The second-order valence-corrected chi connectivity index (χ2v) is 6.63. The van der Waals surface area contributed by atoms with E-state index in [9.17, 15) is 9.59 Å². The third-order valence-electron chi connectivity index (χ3n) is 4.97. The van der Waals surface area contributed by atoms with Crippen LogP contribution in [0.4, 0.5) is 0 Å². The fraction of sp³-hybridized carbons (Fsp3) is 0.579. The highest BCUT2D eigenvalue weighted by atomic mass is 16.5. The number of aromatic carboxylic acids is 1. The van der Waals surface area contributed by atoms with Gasteiger partial charge in [-0.1, -0.05) is 31.4 Å². The van der Waals surface area contributed by atoms with Crippen LogP contribution in [0.2, 0.25) is 0 Å². The fourth-order valence-corrected chi connectivity index (χ4v) is 3.63. The van der Waals surface area contributed by atoms with E-state index in [1.807, 2.05) is 20.0 Å². The van der Waals surface area contributed by atoms with Crippen LogP contribution in [0.15, 0.2) is 24.3 Å². The molecule has 0 aromatic heterocycles. The molecule has 5 heteroatoms. The summed E-state index contributed by atoms with van der Waals surface area (Å²) in [4.78, 5) is 25.4. The zero-order valence-corrected chi connectivity index (χ0v) is 14.6. The number of carboxylic acids is 1. The number of esters is 1. The maximum absolute atomic E-state index is 12.1. The number of carboxylic acid groups (broad SMARTS) is 1. The lowest BCUT2D eigenvalue weighted by molar-refractivity contribution is -0.147. The predicted octanol–water partition coefficient (Wildman–Crippen LogP) is 3.47. The molecule has 0 saturated heterocycles. The van der Waals surface area contributed by atoms with Crippen LogP contribution in [-0.2, 0) is 16.1 Å².